The van der Waals surface area contributed by atoms with E-state index in [1.807, 2.05) is 18.2 Å². The van der Waals surface area contributed by atoms with E-state index in [1.165, 1.54) is 40.7 Å². The van der Waals surface area contributed by atoms with Crippen molar-refractivity contribution >= 4 is 35.6 Å². The quantitative estimate of drug-likeness (QED) is 0.823. The largest absolute Gasteiger partial charge is 0.493 e. The molecule has 2 heterocycles. The van der Waals surface area contributed by atoms with Crippen molar-refractivity contribution < 1.29 is 15.0 Å². The highest BCUT2D eigenvalue weighted by Gasteiger charge is 2.32. The number of hydrogen-bond acceptors (Lipinski definition) is 5. The summed E-state index contributed by atoms with van der Waals surface area (Å²) in [6.45, 7) is -0.332. The molecule has 5 nitrogen and oxygen atoms in total. The molecule has 0 saturated heterocycles. The average molecular weight is 360 g/mol. The second kappa shape index (κ2) is 5.82. The Morgan fingerprint density at radius 1 is 1.46 bits per heavy atom. The highest BCUT2D eigenvalue weighted by atomic mass is 32.1. The number of aliphatic carboxylic acids is 1. The fraction of sp³-hybridized carbons (Fsp3) is 0.353. The molecule has 0 radical (unpaired) electrons. The summed E-state index contributed by atoms with van der Waals surface area (Å²) >= 11 is 6.37. The van der Waals surface area contributed by atoms with Gasteiger partial charge < -0.3 is 10.2 Å². The van der Waals surface area contributed by atoms with Crippen molar-refractivity contribution in [1.82, 2.24) is 4.57 Å². The molecule has 1 saturated carbocycles. The van der Waals surface area contributed by atoms with Gasteiger partial charge in [0.25, 0.3) is 0 Å². The van der Waals surface area contributed by atoms with Gasteiger partial charge in [-0.1, -0.05) is 12.5 Å². The number of carbonyl (C=O) groups is 1. The van der Waals surface area contributed by atoms with Gasteiger partial charge >= 0.3 is 5.97 Å². The smallest absolute Gasteiger partial charge is 0.323 e. The van der Waals surface area contributed by atoms with E-state index in [4.69, 9.17) is 22.3 Å². The van der Waals surface area contributed by atoms with Crippen molar-refractivity contribution in [3.8, 4) is 5.88 Å². The molecule has 1 aromatic carbocycles. The Hall–Kier alpha value is -1.99. The van der Waals surface area contributed by atoms with Crippen LogP contribution in [0.15, 0.2) is 23.2 Å². The summed E-state index contributed by atoms with van der Waals surface area (Å²) in [7, 11) is 0. The number of benzene rings is 1. The van der Waals surface area contributed by atoms with Crippen molar-refractivity contribution in [2.24, 2.45) is 4.99 Å². The van der Waals surface area contributed by atoms with E-state index in [1.54, 1.807) is 0 Å². The Kier molecular flexibility index (Phi) is 3.77. The van der Waals surface area contributed by atoms with E-state index in [2.05, 4.69) is 6.07 Å². The van der Waals surface area contributed by atoms with Gasteiger partial charge in [-0.2, -0.15) is 0 Å². The van der Waals surface area contributed by atoms with E-state index >= 15 is 0 Å². The number of aromatic nitrogens is 1. The summed E-state index contributed by atoms with van der Waals surface area (Å²) in [5.74, 6) is -0.592. The number of carboxylic acids is 1. The third-order valence-corrected chi connectivity index (χ3v) is 6.11. The molecule has 2 unspecified atom stereocenters. The minimum Gasteiger partial charge on any atom is -0.493 e. The average Bonchev–Trinajstić information content (AvgIpc) is 3.18. The van der Waals surface area contributed by atoms with Crippen LogP contribution in [0.1, 0.15) is 35.6 Å². The second-order valence-corrected chi connectivity index (χ2v) is 7.91. The molecule has 2 aliphatic rings. The third kappa shape index (κ3) is 2.57. The van der Waals surface area contributed by atoms with Gasteiger partial charge in [0.2, 0.25) is 5.88 Å². The summed E-state index contributed by atoms with van der Waals surface area (Å²) in [5, 5.41) is 21.2. The monoisotopic (exact) mass is 360 g/mol. The first-order valence-corrected chi connectivity index (χ1v) is 9.09. The van der Waals surface area contributed by atoms with Crippen LogP contribution in [0.5, 0.6) is 5.88 Å². The molecule has 7 heteroatoms. The van der Waals surface area contributed by atoms with Crippen LogP contribution in [0, 0.1) is 3.95 Å². The minimum atomic E-state index is -1.03. The summed E-state index contributed by atoms with van der Waals surface area (Å²) in [6.07, 6.45) is 5.44. The summed E-state index contributed by atoms with van der Waals surface area (Å²) in [6, 6.07) is 6.58. The lowest BCUT2D eigenvalue weighted by atomic mass is 9.96. The number of nitrogens with zero attached hydrogens (tertiary/aromatic N) is 2. The number of rotatable bonds is 3. The van der Waals surface area contributed by atoms with Crippen LogP contribution in [-0.2, 0) is 11.3 Å². The lowest BCUT2D eigenvalue weighted by Crippen LogP contribution is -2.13. The van der Waals surface area contributed by atoms with Crippen LogP contribution in [0.3, 0.4) is 0 Å². The molecule has 4 rings (SSSR count). The molecule has 0 bridgehead atoms. The van der Waals surface area contributed by atoms with Gasteiger partial charge in [0, 0.05) is 5.92 Å². The van der Waals surface area contributed by atoms with Gasteiger partial charge in [-0.05, 0) is 54.1 Å². The first-order valence-electron chi connectivity index (χ1n) is 7.87. The number of fused-ring (bicyclic) bond motifs is 3. The van der Waals surface area contributed by atoms with Crippen molar-refractivity contribution in [3.05, 3.63) is 43.2 Å². The Morgan fingerprint density at radius 2 is 2.29 bits per heavy atom. The molecule has 124 valence electrons. The number of hydrogen-bond donors (Lipinski definition) is 2. The lowest BCUT2D eigenvalue weighted by molar-refractivity contribution is -0.137. The zero-order valence-electron chi connectivity index (χ0n) is 12.8. The zero-order chi connectivity index (χ0) is 16.8. The molecule has 2 N–H and O–H groups in total. The van der Waals surface area contributed by atoms with Crippen LogP contribution < -0.4 is 10.6 Å². The fourth-order valence-corrected chi connectivity index (χ4v) is 4.91. The van der Waals surface area contributed by atoms with E-state index in [0.29, 0.717) is 20.8 Å². The molecule has 1 fully saturated rings. The minimum absolute atomic E-state index is 0.0867. The highest BCUT2D eigenvalue weighted by molar-refractivity contribution is 7.73. The SMILES string of the molecule is O=C(O)Cn1c(O)c(/C=c2\ccc3c(c2)C2CCCC2N=3)sc1=S. The van der Waals surface area contributed by atoms with Crippen molar-refractivity contribution in [3.63, 3.8) is 0 Å². The molecule has 1 aromatic heterocycles. The Morgan fingerprint density at radius 3 is 3.08 bits per heavy atom. The van der Waals surface area contributed by atoms with Gasteiger partial charge in [-0.25, -0.2) is 0 Å². The van der Waals surface area contributed by atoms with Crippen LogP contribution in [0.2, 0.25) is 0 Å². The van der Waals surface area contributed by atoms with Gasteiger partial charge in [0.05, 0.1) is 16.3 Å². The van der Waals surface area contributed by atoms with Crippen molar-refractivity contribution in [1.29, 1.82) is 0 Å². The molecular formula is C17H16N2O3S2. The van der Waals surface area contributed by atoms with Gasteiger partial charge in [0.1, 0.15) is 6.54 Å². The second-order valence-electron chi connectivity index (χ2n) is 6.23. The fourth-order valence-electron chi connectivity index (χ4n) is 3.65. The maximum atomic E-state index is 10.9. The van der Waals surface area contributed by atoms with Crippen LogP contribution in [0.4, 0.5) is 0 Å². The van der Waals surface area contributed by atoms with E-state index in [9.17, 15) is 9.90 Å². The van der Waals surface area contributed by atoms with Crippen LogP contribution in [-0.4, -0.2) is 26.8 Å². The van der Waals surface area contributed by atoms with Gasteiger partial charge in [0.15, 0.2) is 3.95 Å². The first-order chi connectivity index (χ1) is 11.5. The molecule has 2 aromatic rings. The summed E-state index contributed by atoms with van der Waals surface area (Å²) in [4.78, 5) is 16.2. The van der Waals surface area contributed by atoms with E-state index in [-0.39, 0.29) is 12.4 Å². The Labute approximate surface area is 147 Å². The molecule has 0 spiro atoms. The van der Waals surface area contributed by atoms with Gasteiger partial charge in [-0.15, -0.1) is 11.3 Å². The normalized spacial score (nSPS) is 22.2. The molecule has 1 aliphatic heterocycles. The maximum absolute atomic E-state index is 10.9. The standard InChI is InChI=1S/C17H16N2O3S2/c20-15(21)8-19-16(22)14(24-17(19)23)7-9-4-5-13-11(6-9)10-2-1-3-12(10)18-13/h4-7,10,12,22H,1-3,8H2,(H,20,21)/b9-7+. The predicted molar refractivity (Wildman–Crippen MR) is 93.6 cm³/mol. The third-order valence-electron chi connectivity index (χ3n) is 4.72. The van der Waals surface area contributed by atoms with Gasteiger partial charge in [-0.3, -0.25) is 14.4 Å². The first kappa shape index (κ1) is 15.5. The number of thiazole rings is 1. The summed E-state index contributed by atoms with van der Waals surface area (Å²) in [5.41, 5.74) is 1.29. The van der Waals surface area contributed by atoms with Crippen molar-refractivity contribution in [2.45, 2.75) is 37.8 Å². The molecule has 2 atom stereocenters. The van der Waals surface area contributed by atoms with E-state index in [0.717, 1.165) is 10.6 Å². The van der Waals surface area contributed by atoms with Crippen molar-refractivity contribution in [2.75, 3.05) is 0 Å². The highest BCUT2D eigenvalue weighted by Crippen LogP contribution is 2.37. The molecule has 1 aliphatic carbocycles. The molecule has 24 heavy (non-hydrogen) atoms. The molecular weight excluding hydrogens is 344 g/mol. The number of aromatic hydroxyl groups is 1. The summed E-state index contributed by atoms with van der Waals surface area (Å²) < 4.78 is 1.59. The van der Waals surface area contributed by atoms with E-state index < -0.39 is 5.97 Å². The predicted octanol–water partition coefficient (Wildman–Crippen LogP) is 2.17. The Bertz CT molecular complexity index is 1010. The zero-order valence-corrected chi connectivity index (χ0v) is 14.4. The lowest BCUT2D eigenvalue weighted by Gasteiger charge is -2.07. The molecule has 0 amide bonds. The van der Waals surface area contributed by atoms with Crippen LogP contribution >= 0.6 is 23.6 Å². The Balaban J connectivity index is 1.76. The number of carboxylic acid groups (broad SMARTS) is 1. The maximum Gasteiger partial charge on any atom is 0.323 e. The van der Waals surface area contributed by atoms with Crippen LogP contribution in [0.25, 0.3) is 6.08 Å². The topological polar surface area (TPSA) is 74.8 Å².